The van der Waals surface area contributed by atoms with Crippen LogP contribution in [-0.4, -0.2) is 41.1 Å². The average Bonchev–Trinajstić information content (AvgIpc) is 2.34. The van der Waals surface area contributed by atoms with E-state index in [9.17, 15) is 27.2 Å². The van der Waals surface area contributed by atoms with Gasteiger partial charge in [0.15, 0.2) is 0 Å². The molecule has 8 heteroatoms. The number of hydrogen-bond acceptors (Lipinski definition) is 2. The van der Waals surface area contributed by atoms with Gasteiger partial charge in [0.25, 0.3) is 0 Å². The van der Waals surface area contributed by atoms with Crippen LogP contribution in [0.25, 0.3) is 0 Å². The van der Waals surface area contributed by atoms with Crippen molar-refractivity contribution >= 4 is 11.9 Å². The highest BCUT2D eigenvalue weighted by Crippen LogP contribution is 2.17. The number of carbonyl (C=O) groups is 2. The topological polar surface area (TPSA) is 57.6 Å². The van der Waals surface area contributed by atoms with Gasteiger partial charge in [-0.3, -0.25) is 9.59 Å². The van der Waals surface area contributed by atoms with Gasteiger partial charge < -0.3 is 10.0 Å². The van der Waals surface area contributed by atoms with Crippen molar-refractivity contribution in [2.24, 2.45) is 0 Å². The third kappa shape index (κ3) is 6.73. The predicted octanol–water partition coefficient (Wildman–Crippen LogP) is 2.23. The molecule has 0 heterocycles. The summed E-state index contributed by atoms with van der Waals surface area (Å²) in [4.78, 5) is 22.4. The number of halogens is 4. The van der Waals surface area contributed by atoms with Crippen LogP contribution in [0.1, 0.15) is 12.0 Å². The molecular formula is C13H13F4NO3. The molecule has 0 fully saturated rings. The zero-order valence-electron chi connectivity index (χ0n) is 10.9. The summed E-state index contributed by atoms with van der Waals surface area (Å²) in [5, 5.41) is 8.54. The second-order valence-corrected chi connectivity index (χ2v) is 4.39. The number of carbonyl (C=O) groups excluding carboxylic acids is 1. The molecule has 0 saturated heterocycles. The SMILES string of the molecule is O=C(O)CN(CC(F)(F)F)C(=O)CCc1ccc(F)cc1. The molecule has 1 rings (SSSR count). The second-order valence-electron chi connectivity index (χ2n) is 4.39. The van der Waals surface area contributed by atoms with E-state index in [-0.39, 0.29) is 17.7 Å². The molecule has 4 nitrogen and oxygen atoms in total. The Morgan fingerprint density at radius 2 is 1.71 bits per heavy atom. The fourth-order valence-electron chi connectivity index (χ4n) is 1.67. The standard InChI is InChI=1S/C13H13F4NO3/c14-10-4-1-9(2-5-10)3-6-11(19)18(7-12(20)21)8-13(15,16)17/h1-2,4-5H,3,6-8H2,(H,20,21). The number of amides is 1. The van der Waals surface area contributed by atoms with Crippen molar-refractivity contribution in [3.8, 4) is 0 Å². The van der Waals surface area contributed by atoms with Crippen LogP contribution in [-0.2, 0) is 16.0 Å². The molecule has 0 radical (unpaired) electrons. The minimum atomic E-state index is -4.67. The number of hydrogen-bond donors (Lipinski definition) is 1. The van der Waals surface area contributed by atoms with Gasteiger partial charge in [0, 0.05) is 6.42 Å². The van der Waals surface area contributed by atoms with Crippen molar-refractivity contribution in [3.05, 3.63) is 35.6 Å². The number of alkyl halides is 3. The summed E-state index contributed by atoms with van der Waals surface area (Å²) >= 11 is 0. The molecule has 0 unspecified atom stereocenters. The van der Waals surface area contributed by atoms with Gasteiger partial charge in [0.1, 0.15) is 18.9 Å². The third-order valence-electron chi connectivity index (χ3n) is 2.59. The largest absolute Gasteiger partial charge is 0.480 e. The molecule has 21 heavy (non-hydrogen) atoms. The van der Waals surface area contributed by atoms with Crippen LogP contribution in [0.5, 0.6) is 0 Å². The highest BCUT2D eigenvalue weighted by atomic mass is 19.4. The maximum atomic E-state index is 12.7. The predicted molar refractivity (Wildman–Crippen MR) is 65.0 cm³/mol. The Morgan fingerprint density at radius 3 is 2.19 bits per heavy atom. The summed E-state index contributed by atoms with van der Waals surface area (Å²) < 4.78 is 49.6. The van der Waals surface area contributed by atoms with Gasteiger partial charge in [-0.1, -0.05) is 12.1 Å². The molecule has 0 spiro atoms. The number of carboxylic acid groups (broad SMARTS) is 1. The average molecular weight is 307 g/mol. The van der Waals surface area contributed by atoms with Gasteiger partial charge in [-0.2, -0.15) is 13.2 Å². The van der Waals surface area contributed by atoms with E-state index < -0.39 is 37.0 Å². The molecule has 0 aliphatic carbocycles. The monoisotopic (exact) mass is 307 g/mol. The van der Waals surface area contributed by atoms with Crippen LogP contribution in [0, 0.1) is 5.82 Å². The minimum absolute atomic E-state index is 0.104. The Balaban J connectivity index is 2.63. The van der Waals surface area contributed by atoms with E-state index in [1.54, 1.807) is 0 Å². The third-order valence-corrected chi connectivity index (χ3v) is 2.59. The molecule has 1 amide bonds. The first kappa shape index (κ1) is 16.9. The Labute approximate surface area is 118 Å². The van der Waals surface area contributed by atoms with Gasteiger partial charge in [-0.05, 0) is 24.1 Å². The minimum Gasteiger partial charge on any atom is -0.480 e. The van der Waals surface area contributed by atoms with E-state index in [2.05, 4.69) is 0 Å². The molecule has 1 aromatic carbocycles. The van der Waals surface area contributed by atoms with Crippen molar-refractivity contribution in [1.29, 1.82) is 0 Å². The quantitative estimate of drug-likeness (QED) is 0.820. The zero-order valence-corrected chi connectivity index (χ0v) is 10.9. The molecule has 1 aromatic rings. The second kappa shape index (κ2) is 7.05. The first-order chi connectivity index (χ1) is 9.67. The number of carboxylic acids is 1. The van der Waals surface area contributed by atoms with Crippen molar-refractivity contribution < 1.29 is 32.3 Å². The number of aliphatic carboxylic acids is 1. The Bertz CT molecular complexity index is 499. The molecule has 0 aliphatic rings. The zero-order chi connectivity index (χ0) is 16.0. The molecule has 0 aromatic heterocycles. The van der Waals surface area contributed by atoms with E-state index in [1.165, 1.54) is 24.3 Å². The van der Waals surface area contributed by atoms with Gasteiger partial charge in [-0.25, -0.2) is 4.39 Å². The van der Waals surface area contributed by atoms with Crippen LogP contribution in [0.2, 0.25) is 0 Å². The summed E-state index contributed by atoms with van der Waals surface area (Å²) in [6, 6.07) is 5.16. The number of nitrogens with zero attached hydrogens (tertiary/aromatic N) is 1. The summed E-state index contributed by atoms with van der Waals surface area (Å²) in [5.74, 6) is -2.90. The number of aryl methyl sites for hydroxylation is 1. The molecule has 0 atom stereocenters. The fourth-order valence-corrected chi connectivity index (χ4v) is 1.67. The Morgan fingerprint density at radius 1 is 1.14 bits per heavy atom. The maximum absolute atomic E-state index is 12.7. The molecule has 0 saturated carbocycles. The van der Waals surface area contributed by atoms with Gasteiger partial charge in [-0.15, -0.1) is 0 Å². The smallest absolute Gasteiger partial charge is 0.406 e. The number of rotatable bonds is 6. The highest BCUT2D eigenvalue weighted by Gasteiger charge is 2.33. The van der Waals surface area contributed by atoms with Crippen molar-refractivity contribution in [3.63, 3.8) is 0 Å². The van der Waals surface area contributed by atoms with Crippen molar-refractivity contribution in [1.82, 2.24) is 4.90 Å². The molecule has 116 valence electrons. The van der Waals surface area contributed by atoms with E-state index in [4.69, 9.17) is 5.11 Å². The van der Waals surface area contributed by atoms with E-state index >= 15 is 0 Å². The lowest BCUT2D eigenvalue weighted by molar-refractivity contribution is -0.165. The van der Waals surface area contributed by atoms with Crippen molar-refractivity contribution in [2.75, 3.05) is 13.1 Å². The van der Waals surface area contributed by atoms with Crippen LogP contribution < -0.4 is 0 Å². The van der Waals surface area contributed by atoms with Crippen molar-refractivity contribution in [2.45, 2.75) is 19.0 Å². The van der Waals surface area contributed by atoms with Crippen LogP contribution >= 0.6 is 0 Å². The summed E-state index contributed by atoms with van der Waals surface area (Å²) in [7, 11) is 0. The van der Waals surface area contributed by atoms with Crippen LogP contribution in [0.3, 0.4) is 0 Å². The lowest BCUT2D eigenvalue weighted by atomic mass is 10.1. The lowest BCUT2D eigenvalue weighted by Crippen LogP contribution is -2.42. The van der Waals surface area contributed by atoms with E-state index in [1.807, 2.05) is 0 Å². The van der Waals surface area contributed by atoms with E-state index in [0.29, 0.717) is 5.56 Å². The molecule has 1 N–H and O–H groups in total. The van der Waals surface area contributed by atoms with Crippen LogP contribution in [0.4, 0.5) is 17.6 Å². The first-order valence-electron chi connectivity index (χ1n) is 5.98. The highest BCUT2D eigenvalue weighted by molar-refractivity contribution is 5.81. The summed E-state index contributed by atoms with van der Waals surface area (Å²) in [5.41, 5.74) is 0.576. The van der Waals surface area contributed by atoms with Gasteiger partial charge in [0.2, 0.25) is 5.91 Å². The van der Waals surface area contributed by atoms with E-state index in [0.717, 1.165) is 0 Å². The maximum Gasteiger partial charge on any atom is 0.406 e. The molecule has 0 bridgehead atoms. The Kier molecular flexibility index (Phi) is 5.69. The fraction of sp³-hybridized carbons (Fsp3) is 0.385. The lowest BCUT2D eigenvalue weighted by Gasteiger charge is -2.22. The summed E-state index contributed by atoms with van der Waals surface area (Å²) in [6.45, 7) is -2.62. The van der Waals surface area contributed by atoms with Gasteiger partial charge in [0.05, 0.1) is 0 Å². The first-order valence-corrected chi connectivity index (χ1v) is 5.98. The summed E-state index contributed by atoms with van der Waals surface area (Å²) in [6.07, 6.45) is -4.84. The number of benzene rings is 1. The molecule has 0 aliphatic heterocycles. The Hall–Kier alpha value is -2.12. The van der Waals surface area contributed by atoms with Gasteiger partial charge >= 0.3 is 12.1 Å². The molecular weight excluding hydrogens is 294 g/mol. The van der Waals surface area contributed by atoms with Crippen LogP contribution in [0.15, 0.2) is 24.3 Å². The normalized spacial score (nSPS) is 11.2.